The molecule has 2 aliphatic heterocycles. The van der Waals surface area contributed by atoms with Crippen LogP contribution in [0, 0.1) is 23.7 Å². The topological polar surface area (TPSA) is 95.9 Å². The van der Waals surface area contributed by atoms with Gasteiger partial charge in [-0.05, 0) is 110 Å². The van der Waals surface area contributed by atoms with Gasteiger partial charge in [0.1, 0.15) is 5.75 Å². The molecule has 43 heavy (non-hydrogen) atoms. The molecule has 2 saturated carbocycles. The minimum absolute atomic E-state index is 0.0416. The third-order valence-corrected chi connectivity index (χ3v) is 13.3. The molecule has 7 rings (SSSR count). The van der Waals surface area contributed by atoms with E-state index in [-0.39, 0.29) is 23.2 Å². The van der Waals surface area contributed by atoms with Gasteiger partial charge in [0, 0.05) is 29.1 Å². The summed E-state index contributed by atoms with van der Waals surface area (Å²) in [6.45, 7) is 3.89. The number of carbonyl (C=O) groups is 1. The lowest BCUT2D eigenvalue weighted by Gasteiger charge is -2.45. The summed E-state index contributed by atoms with van der Waals surface area (Å²) in [6, 6.07) is 11.5. The Hall–Kier alpha value is -2.55. The monoisotopic (exact) mass is 624 g/mol. The zero-order chi connectivity index (χ0) is 29.9. The molecule has 0 radical (unpaired) electrons. The highest BCUT2D eigenvalue weighted by Gasteiger charge is 2.45. The number of allylic oxidation sites excluding steroid dienone is 1. The van der Waals surface area contributed by atoms with Crippen LogP contribution in [-0.4, -0.2) is 50.5 Å². The number of amides is 1. The number of sulfonamides is 1. The largest absolute Gasteiger partial charge is 0.490 e. The number of aliphatic hydroxyl groups is 1. The molecule has 0 aromatic heterocycles. The van der Waals surface area contributed by atoms with Crippen LogP contribution in [0.2, 0.25) is 5.02 Å². The lowest BCUT2D eigenvalue weighted by molar-refractivity contribution is 0.0452. The maximum Gasteiger partial charge on any atom is 0.264 e. The number of rotatable bonds is 0. The van der Waals surface area contributed by atoms with Crippen molar-refractivity contribution in [2.45, 2.75) is 75.1 Å². The number of fused-ring (bicyclic) bond motifs is 6. The Bertz CT molecular complexity index is 1560. The van der Waals surface area contributed by atoms with E-state index in [0.717, 1.165) is 62.2 Å². The van der Waals surface area contributed by atoms with Crippen LogP contribution in [0.15, 0.2) is 48.6 Å². The first kappa shape index (κ1) is 29.2. The molecule has 2 heterocycles. The Kier molecular flexibility index (Phi) is 7.54. The Morgan fingerprint density at radius 1 is 1.07 bits per heavy atom. The minimum atomic E-state index is -3.90. The molecule has 7 atom stereocenters. The molecule has 9 heteroatoms. The van der Waals surface area contributed by atoms with Crippen molar-refractivity contribution in [1.29, 1.82) is 0 Å². The summed E-state index contributed by atoms with van der Waals surface area (Å²) in [5.41, 5.74) is 3.38. The number of hydrogen-bond donors (Lipinski definition) is 2. The molecular weight excluding hydrogens is 584 g/mol. The van der Waals surface area contributed by atoms with Gasteiger partial charge in [-0.25, -0.2) is 13.1 Å². The molecule has 2 N–H and O–H groups in total. The highest BCUT2D eigenvalue weighted by atomic mass is 35.5. The summed E-state index contributed by atoms with van der Waals surface area (Å²) in [5, 5.41) is 11.4. The summed E-state index contributed by atoms with van der Waals surface area (Å²) >= 11 is 6.40. The van der Waals surface area contributed by atoms with Crippen LogP contribution in [-0.2, 0) is 21.9 Å². The molecule has 0 unspecified atom stereocenters. The first-order chi connectivity index (χ1) is 20.6. The van der Waals surface area contributed by atoms with E-state index >= 15 is 0 Å². The number of aryl methyl sites for hydroxylation is 1. The third-order valence-electron chi connectivity index (χ3n) is 11.1. The van der Waals surface area contributed by atoms with Crippen molar-refractivity contribution >= 4 is 33.2 Å². The van der Waals surface area contributed by atoms with Crippen molar-refractivity contribution in [1.82, 2.24) is 4.72 Å². The molecule has 2 fully saturated rings. The molecule has 2 aromatic rings. The standard InChI is InChI=1S/C34H41ClN2O5S/c1-21-22-4-2-6-32(21)43(40,41)36-33(39)24-9-14-31-29(17-24)37(18-25-7-11-27(25)30(38)13-8-22)19-34(20-42-31)15-3-5-23-16-26(35)10-12-28(23)34/h8-10,12-14,16-17,21-22,25,27,30,32,38H,2-7,11,15,18-20H2,1H3,(H,36,39)/b13-8+/t21-,22-,25-,27+,30-,32+,34-/m0/s1. The van der Waals surface area contributed by atoms with Crippen LogP contribution in [0.5, 0.6) is 5.75 Å². The normalized spacial score (nSPS) is 35.8. The molecule has 1 spiro atoms. The molecule has 5 aliphatic rings. The zero-order valence-corrected chi connectivity index (χ0v) is 26.2. The van der Waals surface area contributed by atoms with Gasteiger partial charge in [0.15, 0.2) is 0 Å². The van der Waals surface area contributed by atoms with Crippen LogP contribution >= 0.6 is 11.6 Å². The number of halogens is 1. The number of hydrogen-bond acceptors (Lipinski definition) is 6. The van der Waals surface area contributed by atoms with Gasteiger partial charge in [0.2, 0.25) is 10.0 Å². The summed E-state index contributed by atoms with van der Waals surface area (Å²) < 4.78 is 36.0. The number of anilines is 1. The maximum atomic E-state index is 13.5. The predicted molar refractivity (Wildman–Crippen MR) is 168 cm³/mol. The third kappa shape index (κ3) is 5.27. The van der Waals surface area contributed by atoms with Crippen molar-refractivity contribution in [3.05, 3.63) is 70.3 Å². The molecule has 230 valence electrons. The Labute approximate surface area is 259 Å². The van der Waals surface area contributed by atoms with Crippen molar-refractivity contribution < 1.29 is 23.1 Å². The van der Waals surface area contributed by atoms with E-state index < -0.39 is 27.3 Å². The summed E-state index contributed by atoms with van der Waals surface area (Å²) in [4.78, 5) is 15.9. The average Bonchev–Trinajstić information content (AvgIpc) is 3.11. The van der Waals surface area contributed by atoms with E-state index in [1.54, 1.807) is 12.1 Å². The Morgan fingerprint density at radius 3 is 2.74 bits per heavy atom. The fourth-order valence-corrected chi connectivity index (χ4v) is 10.5. The van der Waals surface area contributed by atoms with Crippen LogP contribution in [0.3, 0.4) is 0 Å². The lowest BCUT2D eigenvalue weighted by atomic mass is 9.68. The number of nitrogens with one attached hydrogen (secondary N) is 1. The summed E-state index contributed by atoms with van der Waals surface area (Å²) in [5.74, 6) is 0.396. The number of aliphatic hydroxyl groups excluding tert-OH is 1. The van der Waals surface area contributed by atoms with E-state index in [4.69, 9.17) is 16.3 Å². The summed E-state index contributed by atoms with van der Waals surface area (Å²) in [6.07, 6.45) is 10.5. The molecule has 3 aliphatic carbocycles. The number of nitrogens with zero attached hydrogens (tertiary/aromatic N) is 1. The second kappa shape index (κ2) is 11.1. The first-order valence-electron chi connectivity index (χ1n) is 15.9. The smallest absolute Gasteiger partial charge is 0.264 e. The quantitative estimate of drug-likeness (QED) is 0.369. The number of benzene rings is 2. The van der Waals surface area contributed by atoms with E-state index in [2.05, 4.69) is 21.8 Å². The predicted octanol–water partition coefficient (Wildman–Crippen LogP) is 5.63. The molecule has 2 aromatic carbocycles. The first-order valence-corrected chi connectivity index (χ1v) is 17.8. The van der Waals surface area contributed by atoms with E-state index in [0.29, 0.717) is 36.8 Å². The van der Waals surface area contributed by atoms with Crippen LogP contribution in [0.25, 0.3) is 0 Å². The second-order valence-electron chi connectivity index (χ2n) is 13.6. The Balaban J connectivity index is 1.30. The van der Waals surface area contributed by atoms with Gasteiger partial charge in [-0.3, -0.25) is 4.79 Å². The maximum absolute atomic E-state index is 13.5. The number of ether oxygens (including phenoxy) is 1. The summed E-state index contributed by atoms with van der Waals surface area (Å²) in [7, 11) is -3.90. The van der Waals surface area contributed by atoms with Crippen LogP contribution < -0.4 is 14.4 Å². The van der Waals surface area contributed by atoms with Crippen molar-refractivity contribution in [3.63, 3.8) is 0 Å². The van der Waals surface area contributed by atoms with Gasteiger partial charge in [0.05, 0.1) is 23.6 Å². The van der Waals surface area contributed by atoms with E-state index in [1.807, 2.05) is 31.2 Å². The van der Waals surface area contributed by atoms with Crippen molar-refractivity contribution in [3.8, 4) is 5.75 Å². The van der Waals surface area contributed by atoms with Crippen LogP contribution in [0.4, 0.5) is 5.69 Å². The lowest BCUT2D eigenvalue weighted by Crippen LogP contribution is -2.49. The molecule has 1 amide bonds. The van der Waals surface area contributed by atoms with Crippen molar-refractivity contribution in [2.75, 3.05) is 24.6 Å². The van der Waals surface area contributed by atoms with Gasteiger partial charge in [0.25, 0.3) is 5.91 Å². The fraction of sp³-hybridized carbons (Fsp3) is 0.559. The van der Waals surface area contributed by atoms with Gasteiger partial charge in [-0.2, -0.15) is 0 Å². The van der Waals surface area contributed by atoms with Crippen molar-refractivity contribution in [2.24, 2.45) is 23.7 Å². The van der Waals surface area contributed by atoms with Gasteiger partial charge in [-0.15, -0.1) is 0 Å². The second-order valence-corrected chi connectivity index (χ2v) is 16.0. The van der Waals surface area contributed by atoms with Gasteiger partial charge < -0.3 is 14.7 Å². The average molecular weight is 625 g/mol. The van der Waals surface area contributed by atoms with Gasteiger partial charge >= 0.3 is 0 Å². The highest BCUT2D eigenvalue weighted by molar-refractivity contribution is 7.90. The molecule has 7 nitrogen and oxygen atoms in total. The SMILES string of the molecule is C[C@H]1[C@@H]2/C=C/[C@H](O)[C@@H]3CC[C@H]3CN3C[C@@]4(CCCc5cc(Cl)ccc54)COc4ccc(cc43)C(=O)NS(=O)(=O)[C@@H]1CCC2. The number of carbonyl (C=O) groups excluding carboxylic acids is 1. The molecule has 4 bridgehead atoms. The molecule has 0 saturated heterocycles. The minimum Gasteiger partial charge on any atom is -0.490 e. The zero-order valence-electron chi connectivity index (χ0n) is 24.7. The molecular formula is C34H41ClN2O5S. The van der Waals surface area contributed by atoms with E-state index in [1.165, 1.54) is 11.1 Å². The highest BCUT2D eigenvalue weighted by Crippen LogP contribution is 2.47. The van der Waals surface area contributed by atoms with Gasteiger partial charge in [-0.1, -0.05) is 43.2 Å². The van der Waals surface area contributed by atoms with E-state index in [9.17, 15) is 18.3 Å². The Morgan fingerprint density at radius 2 is 1.93 bits per heavy atom. The van der Waals surface area contributed by atoms with Crippen LogP contribution in [0.1, 0.15) is 73.4 Å². The fourth-order valence-electron chi connectivity index (χ4n) is 8.54.